The van der Waals surface area contributed by atoms with Crippen molar-refractivity contribution in [3.63, 3.8) is 0 Å². The van der Waals surface area contributed by atoms with Crippen LogP contribution in [-0.4, -0.2) is 29.6 Å². The van der Waals surface area contributed by atoms with Crippen LogP contribution in [0.4, 0.5) is 5.95 Å². The Morgan fingerprint density at radius 1 is 1.18 bits per heavy atom. The summed E-state index contributed by atoms with van der Waals surface area (Å²) >= 11 is 0. The first-order chi connectivity index (χ1) is 8.31. The predicted molar refractivity (Wildman–Crippen MR) is 72.2 cm³/mol. The van der Waals surface area contributed by atoms with E-state index < -0.39 is 0 Å². The van der Waals surface area contributed by atoms with E-state index in [1.807, 2.05) is 12.4 Å². The van der Waals surface area contributed by atoms with Crippen LogP contribution < -0.4 is 10.2 Å². The van der Waals surface area contributed by atoms with Crippen molar-refractivity contribution in [3.8, 4) is 0 Å². The number of anilines is 1. The summed E-state index contributed by atoms with van der Waals surface area (Å²) in [6, 6.07) is 0. The van der Waals surface area contributed by atoms with Crippen molar-refractivity contribution in [3.05, 3.63) is 18.0 Å². The van der Waals surface area contributed by atoms with Gasteiger partial charge in [0.2, 0.25) is 5.95 Å². The molecule has 0 aliphatic carbocycles. The number of hydrogen-bond donors (Lipinski definition) is 1. The van der Waals surface area contributed by atoms with Crippen molar-refractivity contribution in [2.45, 2.75) is 40.2 Å². The minimum atomic E-state index is 0.845. The fraction of sp³-hybridized carbons (Fsp3) is 0.692. The summed E-state index contributed by atoms with van der Waals surface area (Å²) in [7, 11) is 0. The van der Waals surface area contributed by atoms with Gasteiger partial charge in [-0.1, -0.05) is 20.3 Å². The van der Waals surface area contributed by atoms with E-state index >= 15 is 0 Å². The average molecular weight is 236 g/mol. The molecule has 1 N–H and O–H groups in total. The maximum Gasteiger partial charge on any atom is 0.225 e. The fourth-order valence-corrected chi connectivity index (χ4v) is 1.62. The van der Waals surface area contributed by atoms with Gasteiger partial charge in [-0.2, -0.15) is 0 Å². The molecule has 17 heavy (non-hydrogen) atoms. The summed E-state index contributed by atoms with van der Waals surface area (Å²) in [5.41, 5.74) is 1.14. The van der Waals surface area contributed by atoms with Gasteiger partial charge in [0.25, 0.3) is 0 Å². The molecule has 0 bridgehead atoms. The number of nitrogens with one attached hydrogen (secondary N) is 1. The highest BCUT2D eigenvalue weighted by molar-refractivity contribution is 5.29. The molecule has 0 spiro atoms. The summed E-state index contributed by atoms with van der Waals surface area (Å²) in [5, 5.41) is 3.27. The van der Waals surface area contributed by atoms with E-state index in [-0.39, 0.29) is 0 Å². The minimum absolute atomic E-state index is 0.845. The Morgan fingerprint density at radius 3 is 2.41 bits per heavy atom. The molecule has 0 radical (unpaired) electrons. The van der Waals surface area contributed by atoms with Crippen LogP contribution in [0.1, 0.15) is 39.2 Å². The number of hydrogen-bond acceptors (Lipinski definition) is 4. The molecule has 0 saturated carbocycles. The van der Waals surface area contributed by atoms with Crippen LogP contribution in [0, 0.1) is 0 Å². The molecule has 0 amide bonds. The molecule has 0 aliphatic rings. The summed E-state index contributed by atoms with van der Waals surface area (Å²) in [6.45, 7) is 10.3. The molecule has 1 aromatic rings. The number of rotatable bonds is 8. The monoisotopic (exact) mass is 236 g/mol. The zero-order valence-corrected chi connectivity index (χ0v) is 11.2. The van der Waals surface area contributed by atoms with Crippen molar-refractivity contribution >= 4 is 5.95 Å². The second kappa shape index (κ2) is 8.01. The Kier molecular flexibility index (Phi) is 6.55. The van der Waals surface area contributed by atoms with Crippen LogP contribution in [0.15, 0.2) is 12.4 Å². The topological polar surface area (TPSA) is 41.1 Å². The van der Waals surface area contributed by atoms with Gasteiger partial charge in [-0.05, 0) is 19.9 Å². The molecule has 0 aromatic carbocycles. The van der Waals surface area contributed by atoms with E-state index in [2.05, 4.69) is 41.0 Å². The summed E-state index contributed by atoms with van der Waals surface area (Å²) in [6.07, 6.45) is 6.23. The lowest BCUT2D eigenvalue weighted by molar-refractivity contribution is 0.702. The summed E-state index contributed by atoms with van der Waals surface area (Å²) in [4.78, 5) is 11.1. The van der Waals surface area contributed by atoms with Gasteiger partial charge >= 0.3 is 0 Å². The molecule has 0 aliphatic heterocycles. The molecule has 0 atom stereocenters. The van der Waals surface area contributed by atoms with Gasteiger partial charge in [-0.15, -0.1) is 0 Å². The van der Waals surface area contributed by atoms with Crippen molar-refractivity contribution in [2.75, 3.05) is 24.5 Å². The second-order valence-corrected chi connectivity index (χ2v) is 4.10. The maximum absolute atomic E-state index is 4.43. The average Bonchev–Trinajstić information content (AvgIpc) is 2.38. The number of aromatic nitrogens is 2. The van der Waals surface area contributed by atoms with Gasteiger partial charge in [0.05, 0.1) is 0 Å². The van der Waals surface area contributed by atoms with Crippen LogP contribution >= 0.6 is 0 Å². The third-order valence-electron chi connectivity index (χ3n) is 2.72. The fourth-order valence-electron chi connectivity index (χ4n) is 1.62. The molecule has 1 heterocycles. The molecular formula is C13H24N4. The van der Waals surface area contributed by atoms with Gasteiger partial charge in [0.15, 0.2) is 0 Å². The van der Waals surface area contributed by atoms with Crippen molar-refractivity contribution in [2.24, 2.45) is 0 Å². The Hall–Kier alpha value is -1.16. The van der Waals surface area contributed by atoms with Gasteiger partial charge < -0.3 is 10.2 Å². The number of nitrogens with zero attached hydrogens (tertiary/aromatic N) is 3. The Balaban J connectivity index is 2.57. The van der Waals surface area contributed by atoms with Gasteiger partial charge in [-0.25, -0.2) is 9.97 Å². The van der Waals surface area contributed by atoms with Gasteiger partial charge in [-0.3, -0.25) is 0 Å². The first-order valence-corrected chi connectivity index (χ1v) is 6.58. The van der Waals surface area contributed by atoms with Crippen molar-refractivity contribution < 1.29 is 0 Å². The summed E-state index contributed by atoms with van der Waals surface area (Å²) in [5.74, 6) is 0.848. The van der Waals surface area contributed by atoms with E-state index in [1.54, 1.807) is 0 Å². The van der Waals surface area contributed by atoms with E-state index in [1.165, 1.54) is 12.8 Å². The van der Waals surface area contributed by atoms with Crippen LogP contribution in [0.3, 0.4) is 0 Å². The molecule has 4 nitrogen and oxygen atoms in total. The SMILES string of the molecule is CCCCN(CC)c1ncc(CNCC)cn1. The molecule has 4 heteroatoms. The highest BCUT2D eigenvalue weighted by atomic mass is 15.2. The standard InChI is InChI=1S/C13H24N4/c1-4-7-8-17(6-3)13-15-10-12(11-16-13)9-14-5-2/h10-11,14H,4-9H2,1-3H3. The van der Waals surface area contributed by atoms with Crippen LogP contribution in [0.5, 0.6) is 0 Å². The first-order valence-electron chi connectivity index (χ1n) is 6.58. The highest BCUT2D eigenvalue weighted by Gasteiger charge is 2.06. The smallest absolute Gasteiger partial charge is 0.225 e. The number of unbranched alkanes of at least 4 members (excludes halogenated alkanes) is 1. The van der Waals surface area contributed by atoms with E-state index in [0.29, 0.717) is 0 Å². The first kappa shape index (κ1) is 13.9. The molecule has 1 aromatic heterocycles. The third-order valence-corrected chi connectivity index (χ3v) is 2.72. The zero-order chi connectivity index (χ0) is 12.5. The lowest BCUT2D eigenvalue weighted by Gasteiger charge is -2.20. The van der Waals surface area contributed by atoms with Gasteiger partial charge in [0, 0.05) is 37.6 Å². The molecule has 0 saturated heterocycles. The third kappa shape index (κ3) is 4.69. The molecule has 1 rings (SSSR count). The lowest BCUT2D eigenvalue weighted by atomic mass is 10.3. The molecule has 96 valence electrons. The van der Waals surface area contributed by atoms with E-state index in [0.717, 1.165) is 37.7 Å². The van der Waals surface area contributed by atoms with E-state index in [9.17, 15) is 0 Å². The zero-order valence-electron chi connectivity index (χ0n) is 11.2. The molecule has 0 unspecified atom stereocenters. The molecule has 0 fully saturated rings. The van der Waals surface area contributed by atoms with Gasteiger partial charge in [0.1, 0.15) is 0 Å². The Morgan fingerprint density at radius 2 is 1.88 bits per heavy atom. The quantitative estimate of drug-likeness (QED) is 0.751. The maximum atomic E-state index is 4.43. The largest absolute Gasteiger partial charge is 0.341 e. The Bertz CT molecular complexity index is 297. The van der Waals surface area contributed by atoms with E-state index in [4.69, 9.17) is 0 Å². The predicted octanol–water partition coefficient (Wildman–Crippen LogP) is 2.21. The minimum Gasteiger partial charge on any atom is -0.341 e. The normalized spacial score (nSPS) is 10.5. The van der Waals surface area contributed by atoms with Crippen LogP contribution in [-0.2, 0) is 6.54 Å². The second-order valence-electron chi connectivity index (χ2n) is 4.10. The van der Waals surface area contributed by atoms with Crippen molar-refractivity contribution in [1.29, 1.82) is 0 Å². The summed E-state index contributed by atoms with van der Waals surface area (Å²) < 4.78 is 0. The van der Waals surface area contributed by atoms with Crippen molar-refractivity contribution in [1.82, 2.24) is 15.3 Å². The lowest BCUT2D eigenvalue weighted by Crippen LogP contribution is -2.26. The highest BCUT2D eigenvalue weighted by Crippen LogP contribution is 2.08. The van der Waals surface area contributed by atoms with Crippen LogP contribution in [0.2, 0.25) is 0 Å². The molecular weight excluding hydrogens is 212 g/mol. The van der Waals surface area contributed by atoms with Crippen LogP contribution in [0.25, 0.3) is 0 Å². The Labute approximate surface area is 104 Å².